The van der Waals surface area contributed by atoms with Gasteiger partial charge in [0, 0.05) is 6.54 Å². The predicted octanol–water partition coefficient (Wildman–Crippen LogP) is 2.96. The third kappa shape index (κ3) is 2.26. The van der Waals surface area contributed by atoms with Gasteiger partial charge < -0.3 is 4.57 Å². The van der Waals surface area contributed by atoms with Gasteiger partial charge in [0.25, 0.3) is 0 Å². The molecule has 0 amide bonds. The molecule has 0 bridgehead atoms. The van der Waals surface area contributed by atoms with Gasteiger partial charge in [-0.25, -0.2) is 4.98 Å². The molecule has 3 aromatic rings. The van der Waals surface area contributed by atoms with Gasteiger partial charge in [-0.2, -0.15) is 13.2 Å². The average Bonchev–Trinajstić information content (AvgIpc) is 2.94. The van der Waals surface area contributed by atoms with Crippen molar-refractivity contribution in [2.24, 2.45) is 0 Å². The van der Waals surface area contributed by atoms with Crippen LogP contribution in [0.25, 0.3) is 17.0 Å². The van der Waals surface area contributed by atoms with Crippen molar-refractivity contribution in [1.29, 1.82) is 0 Å². The molecule has 0 saturated heterocycles. The quantitative estimate of drug-likeness (QED) is 0.730. The van der Waals surface area contributed by atoms with Gasteiger partial charge in [0.15, 0.2) is 0 Å². The lowest BCUT2D eigenvalue weighted by Gasteiger charge is -2.07. The van der Waals surface area contributed by atoms with Crippen LogP contribution in [0.2, 0.25) is 0 Å². The number of aryl methyl sites for hydroxylation is 2. The molecule has 2 aromatic heterocycles. The summed E-state index contributed by atoms with van der Waals surface area (Å²) in [5.41, 5.74) is 0.862. The van der Waals surface area contributed by atoms with Crippen molar-refractivity contribution in [2.45, 2.75) is 26.6 Å². The Balaban J connectivity index is 2.02. The molecule has 0 N–H and O–H groups in total. The van der Waals surface area contributed by atoms with Crippen molar-refractivity contribution in [3.05, 3.63) is 35.7 Å². The molecule has 8 heteroatoms. The van der Waals surface area contributed by atoms with Crippen LogP contribution in [0.15, 0.2) is 24.3 Å². The first kappa shape index (κ1) is 13.6. The molecule has 21 heavy (non-hydrogen) atoms. The van der Waals surface area contributed by atoms with E-state index in [1.165, 1.54) is 16.9 Å². The monoisotopic (exact) mass is 295 g/mol. The standard InChI is InChI=1S/C13H12F3N5/c1-3-20-8(2)17-11-12(20)19-21(18-11)10-6-4-9(5-7-10)13(14,15)16/h4-7H,3H2,1-2H3. The number of halogens is 3. The van der Waals surface area contributed by atoms with Gasteiger partial charge in [-0.1, -0.05) is 0 Å². The van der Waals surface area contributed by atoms with E-state index in [4.69, 9.17) is 0 Å². The fourth-order valence-electron chi connectivity index (χ4n) is 2.18. The molecular weight excluding hydrogens is 283 g/mol. The SMILES string of the molecule is CCn1c(C)nc2nn(-c3ccc(C(F)(F)F)cc3)nc21. The Bertz CT molecular complexity index is 783. The first-order valence-corrected chi connectivity index (χ1v) is 6.38. The highest BCUT2D eigenvalue weighted by molar-refractivity contribution is 5.66. The van der Waals surface area contributed by atoms with E-state index >= 15 is 0 Å². The van der Waals surface area contributed by atoms with Crippen molar-refractivity contribution in [1.82, 2.24) is 24.5 Å². The van der Waals surface area contributed by atoms with Crippen LogP contribution in [-0.2, 0) is 12.7 Å². The Kier molecular flexibility index (Phi) is 2.96. The lowest BCUT2D eigenvalue weighted by atomic mass is 10.2. The van der Waals surface area contributed by atoms with Crippen LogP contribution in [0.1, 0.15) is 18.3 Å². The van der Waals surface area contributed by atoms with Crippen LogP contribution in [0, 0.1) is 6.92 Å². The van der Waals surface area contributed by atoms with Crippen molar-refractivity contribution in [3.8, 4) is 5.69 Å². The van der Waals surface area contributed by atoms with E-state index in [9.17, 15) is 13.2 Å². The van der Waals surface area contributed by atoms with Crippen LogP contribution < -0.4 is 0 Å². The minimum Gasteiger partial charge on any atom is -0.310 e. The average molecular weight is 295 g/mol. The maximum atomic E-state index is 12.5. The number of hydrogen-bond acceptors (Lipinski definition) is 3. The van der Waals surface area contributed by atoms with E-state index < -0.39 is 11.7 Å². The lowest BCUT2D eigenvalue weighted by molar-refractivity contribution is -0.137. The highest BCUT2D eigenvalue weighted by Crippen LogP contribution is 2.29. The zero-order valence-electron chi connectivity index (χ0n) is 11.4. The second-order valence-corrected chi connectivity index (χ2v) is 4.58. The molecule has 2 heterocycles. The number of benzene rings is 1. The Hall–Kier alpha value is -2.38. The summed E-state index contributed by atoms with van der Waals surface area (Å²) in [7, 11) is 0. The summed E-state index contributed by atoms with van der Waals surface area (Å²) >= 11 is 0. The number of nitrogens with zero attached hydrogens (tertiary/aromatic N) is 5. The van der Waals surface area contributed by atoms with Crippen molar-refractivity contribution in [2.75, 3.05) is 0 Å². The number of imidazole rings is 1. The molecule has 0 radical (unpaired) electrons. The molecule has 0 unspecified atom stereocenters. The third-order valence-electron chi connectivity index (χ3n) is 3.23. The van der Waals surface area contributed by atoms with Gasteiger partial charge in [0.1, 0.15) is 5.82 Å². The van der Waals surface area contributed by atoms with Crippen LogP contribution in [0.5, 0.6) is 0 Å². The summed E-state index contributed by atoms with van der Waals surface area (Å²) in [6, 6.07) is 4.70. The fraction of sp³-hybridized carbons (Fsp3) is 0.308. The maximum absolute atomic E-state index is 12.5. The van der Waals surface area contributed by atoms with Gasteiger partial charge in [-0.3, -0.25) is 0 Å². The smallest absolute Gasteiger partial charge is 0.310 e. The lowest BCUT2D eigenvalue weighted by Crippen LogP contribution is -2.06. The third-order valence-corrected chi connectivity index (χ3v) is 3.23. The minimum atomic E-state index is -4.35. The Labute approximate surface area is 118 Å². The fourth-order valence-corrected chi connectivity index (χ4v) is 2.18. The molecule has 110 valence electrons. The molecular formula is C13H12F3N5. The largest absolute Gasteiger partial charge is 0.416 e. The molecule has 0 saturated carbocycles. The summed E-state index contributed by atoms with van der Waals surface area (Å²) in [6.45, 7) is 4.52. The molecule has 0 fully saturated rings. The van der Waals surface area contributed by atoms with E-state index in [0.29, 0.717) is 23.5 Å². The highest BCUT2D eigenvalue weighted by Gasteiger charge is 2.30. The Morgan fingerprint density at radius 2 is 1.76 bits per heavy atom. The van der Waals surface area contributed by atoms with Crippen LogP contribution in [0.4, 0.5) is 13.2 Å². The van der Waals surface area contributed by atoms with Gasteiger partial charge in [-0.05, 0) is 38.1 Å². The first-order valence-electron chi connectivity index (χ1n) is 6.38. The number of alkyl halides is 3. The van der Waals surface area contributed by atoms with E-state index in [-0.39, 0.29) is 0 Å². The normalized spacial score (nSPS) is 12.2. The minimum absolute atomic E-state index is 0.460. The first-order chi connectivity index (χ1) is 9.90. The van der Waals surface area contributed by atoms with E-state index in [0.717, 1.165) is 18.0 Å². The van der Waals surface area contributed by atoms with Gasteiger partial charge in [-0.15, -0.1) is 15.0 Å². The van der Waals surface area contributed by atoms with E-state index in [1.807, 2.05) is 18.4 Å². The highest BCUT2D eigenvalue weighted by atomic mass is 19.4. The zero-order chi connectivity index (χ0) is 15.2. The van der Waals surface area contributed by atoms with Crippen molar-refractivity contribution in [3.63, 3.8) is 0 Å². The van der Waals surface area contributed by atoms with Gasteiger partial charge in [0.2, 0.25) is 11.3 Å². The zero-order valence-corrected chi connectivity index (χ0v) is 11.4. The molecule has 0 atom stereocenters. The number of fused-ring (bicyclic) bond motifs is 1. The van der Waals surface area contributed by atoms with Crippen molar-refractivity contribution >= 4 is 11.3 Å². The number of hydrogen-bond donors (Lipinski definition) is 0. The van der Waals surface area contributed by atoms with Crippen molar-refractivity contribution < 1.29 is 13.2 Å². The number of rotatable bonds is 2. The predicted molar refractivity (Wildman–Crippen MR) is 70.1 cm³/mol. The van der Waals surface area contributed by atoms with E-state index in [1.54, 1.807) is 0 Å². The topological polar surface area (TPSA) is 48.5 Å². The summed E-state index contributed by atoms with van der Waals surface area (Å²) in [5.74, 6) is 0.807. The van der Waals surface area contributed by atoms with Crippen LogP contribution in [-0.4, -0.2) is 24.5 Å². The summed E-state index contributed by atoms with van der Waals surface area (Å²) in [6.07, 6.45) is -4.35. The summed E-state index contributed by atoms with van der Waals surface area (Å²) in [4.78, 5) is 5.57. The Morgan fingerprint density at radius 3 is 2.33 bits per heavy atom. The van der Waals surface area contributed by atoms with E-state index in [2.05, 4.69) is 15.2 Å². The van der Waals surface area contributed by atoms with Crippen LogP contribution in [0.3, 0.4) is 0 Å². The summed E-state index contributed by atoms with van der Waals surface area (Å²) < 4.78 is 39.5. The second kappa shape index (κ2) is 4.57. The second-order valence-electron chi connectivity index (χ2n) is 4.58. The van der Waals surface area contributed by atoms with Gasteiger partial charge >= 0.3 is 6.18 Å². The molecule has 5 nitrogen and oxygen atoms in total. The van der Waals surface area contributed by atoms with Crippen LogP contribution >= 0.6 is 0 Å². The van der Waals surface area contributed by atoms with Gasteiger partial charge in [0.05, 0.1) is 11.3 Å². The molecule has 1 aromatic carbocycles. The number of aromatic nitrogens is 5. The molecule has 0 aliphatic heterocycles. The molecule has 0 aliphatic rings. The summed E-state index contributed by atoms with van der Waals surface area (Å²) in [5, 5.41) is 8.49. The molecule has 0 spiro atoms. The molecule has 3 rings (SSSR count). The Morgan fingerprint density at radius 1 is 1.10 bits per heavy atom. The molecule has 0 aliphatic carbocycles. The maximum Gasteiger partial charge on any atom is 0.416 e.